The molecule has 0 aromatic heterocycles. The van der Waals surface area contributed by atoms with Crippen LogP contribution >= 0.6 is 0 Å². The van der Waals surface area contributed by atoms with Gasteiger partial charge in [-0.05, 0) is 26.7 Å². The molecule has 1 heterocycles. The third kappa shape index (κ3) is 1.79. The predicted octanol–water partition coefficient (Wildman–Crippen LogP) is 2.71. The summed E-state index contributed by atoms with van der Waals surface area (Å²) in [5.41, 5.74) is 0.485. The summed E-state index contributed by atoms with van der Waals surface area (Å²) in [7, 11) is 0. The first-order chi connectivity index (χ1) is 6.99. The number of nitro groups is 1. The van der Waals surface area contributed by atoms with E-state index in [4.69, 9.17) is 4.74 Å². The minimum Gasteiger partial charge on any atom is -0.481 e. The second-order valence-corrected chi connectivity index (χ2v) is 4.22. The number of hydrogen-bond donors (Lipinski definition) is 0. The number of nitro benzene ring substituents is 1. The number of hydrogen-bond acceptors (Lipinski definition) is 3. The van der Waals surface area contributed by atoms with Gasteiger partial charge in [-0.15, -0.1) is 0 Å². The summed E-state index contributed by atoms with van der Waals surface area (Å²) in [6, 6.07) is 4.97. The predicted molar refractivity (Wildman–Crippen MR) is 55.8 cm³/mol. The lowest BCUT2D eigenvalue weighted by Gasteiger charge is -2.31. The van der Waals surface area contributed by atoms with E-state index in [9.17, 15) is 10.1 Å². The first-order valence-corrected chi connectivity index (χ1v) is 4.79. The maximum absolute atomic E-state index is 10.8. The van der Waals surface area contributed by atoms with Crippen LogP contribution in [0.4, 0.5) is 5.69 Å². The first-order valence-electron chi connectivity index (χ1n) is 4.79. The standard InChI is InChI=1S/C11H12NO3/c1-11(2)7-6-8-4-3-5-9(12(13)14)10(8)15-11/h3-6H,7H2,1-2H3. The van der Waals surface area contributed by atoms with Crippen molar-refractivity contribution in [2.45, 2.75) is 25.9 Å². The highest BCUT2D eigenvalue weighted by Gasteiger charge is 2.31. The fourth-order valence-electron chi connectivity index (χ4n) is 1.63. The molecule has 0 spiro atoms. The van der Waals surface area contributed by atoms with Crippen molar-refractivity contribution < 1.29 is 9.66 Å². The second-order valence-electron chi connectivity index (χ2n) is 4.22. The average Bonchev–Trinajstić information content (AvgIpc) is 2.15. The van der Waals surface area contributed by atoms with E-state index in [1.54, 1.807) is 6.07 Å². The average molecular weight is 206 g/mol. The summed E-state index contributed by atoms with van der Waals surface area (Å²) in [4.78, 5) is 10.4. The van der Waals surface area contributed by atoms with Gasteiger partial charge >= 0.3 is 5.69 Å². The minimum atomic E-state index is -0.409. The van der Waals surface area contributed by atoms with Crippen LogP contribution in [-0.4, -0.2) is 10.5 Å². The molecule has 0 bridgehead atoms. The molecule has 0 N–H and O–H groups in total. The van der Waals surface area contributed by atoms with Crippen LogP contribution in [0.1, 0.15) is 25.8 Å². The van der Waals surface area contributed by atoms with Gasteiger partial charge < -0.3 is 4.74 Å². The first kappa shape index (κ1) is 9.96. The maximum atomic E-state index is 10.8. The molecule has 0 saturated heterocycles. The Kier molecular flexibility index (Phi) is 2.14. The Morgan fingerprint density at radius 2 is 2.20 bits per heavy atom. The molecule has 0 unspecified atom stereocenters. The Bertz CT molecular complexity index is 412. The lowest BCUT2D eigenvalue weighted by molar-refractivity contribution is -0.386. The lowest BCUT2D eigenvalue weighted by Crippen LogP contribution is -2.32. The Labute approximate surface area is 88.0 Å². The Morgan fingerprint density at radius 3 is 2.87 bits per heavy atom. The number of rotatable bonds is 1. The van der Waals surface area contributed by atoms with E-state index in [2.05, 4.69) is 0 Å². The maximum Gasteiger partial charge on any atom is 0.311 e. The third-order valence-corrected chi connectivity index (χ3v) is 2.41. The highest BCUT2D eigenvalue weighted by atomic mass is 16.6. The molecular formula is C11H12NO3. The molecule has 1 radical (unpaired) electrons. The van der Waals surface area contributed by atoms with E-state index in [1.165, 1.54) is 6.07 Å². The van der Waals surface area contributed by atoms with Gasteiger partial charge in [-0.2, -0.15) is 0 Å². The van der Waals surface area contributed by atoms with Gasteiger partial charge in [-0.1, -0.05) is 12.1 Å². The molecule has 0 aliphatic carbocycles. The highest BCUT2D eigenvalue weighted by molar-refractivity contribution is 5.55. The smallest absolute Gasteiger partial charge is 0.311 e. The zero-order valence-electron chi connectivity index (χ0n) is 8.69. The van der Waals surface area contributed by atoms with E-state index in [0.717, 1.165) is 12.0 Å². The van der Waals surface area contributed by atoms with Gasteiger partial charge in [0.25, 0.3) is 0 Å². The van der Waals surface area contributed by atoms with Crippen molar-refractivity contribution in [3.05, 3.63) is 40.3 Å². The van der Waals surface area contributed by atoms with Gasteiger partial charge in [-0.3, -0.25) is 10.1 Å². The summed E-state index contributed by atoms with van der Waals surface area (Å²) in [5.74, 6) is 0.388. The van der Waals surface area contributed by atoms with Crippen molar-refractivity contribution in [1.82, 2.24) is 0 Å². The quantitative estimate of drug-likeness (QED) is 0.524. The monoisotopic (exact) mass is 206 g/mol. The van der Waals surface area contributed by atoms with Crippen LogP contribution in [0.5, 0.6) is 5.75 Å². The van der Waals surface area contributed by atoms with Crippen LogP contribution in [-0.2, 0) is 0 Å². The lowest BCUT2D eigenvalue weighted by atomic mass is 9.94. The van der Waals surface area contributed by atoms with Crippen LogP contribution in [0.25, 0.3) is 0 Å². The normalized spacial score (nSPS) is 17.7. The molecule has 15 heavy (non-hydrogen) atoms. The Balaban J connectivity index is 2.50. The van der Waals surface area contributed by atoms with Crippen LogP contribution in [0.2, 0.25) is 0 Å². The molecule has 4 nitrogen and oxygen atoms in total. The molecule has 0 saturated carbocycles. The van der Waals surface area contributed by atoms with Crippen molar-refractivity contribution in [1.29, 1.82) is 0 Å². The molecule has 1 aliphatic heterocycles. The minimum absolute atomic E-state index is 0.0384. The molecule has 1 aliphatic rings. The van der Waals surface area contributed by atoms with Gasteiger partial charge in [0.05, 0.1) is 4.92 Å². The second kappa shape index (κ2) is 3.22. The summed E-state index contributed by atoms with van der Waals surface area (Å²) in [6.45, 7) is 3.84. The van der Waals surface area contributed by atoms with Gasteiger partial charge in [0.15, 0.2) is 0 Å². The van der Waals surface area contributed by atoms with Crippen molar-refractivity contribution in [2.24, 2.45) is 0 Å². The fourth-order valence-corrected chi connectivity index (χ4v) is 1.63. The molecule has 1 aromatic rings. The van der Waals surface area contributed by atoms with Crippen molar-refractivity contribution in [2.75, 3.05) is 0 Å². The highest BCUT2D eigenvalue weighted by Crippen LogP contribution is 2.40. The van der Waals surface area contributed by atoms with Gasteiger partial charge in [0, 0.05) is 11.6 Å². The zero-order chi connectivity index (χ0) is 11.1. The van der Waals surface area contributed by atoms with Gasteiger partial charge in [0.1, 0.15) is 5.60 Å². The van der Waals surface area contributed by atoms with E-state index in [1.807, 2.05) is 26.3 Å². The number of ether oxygens (including phenoxy) is 1. The molecule has 1 aromatic carbocycles. The van der Waals surface area contributed by atoms with Gasteiger partial charge in [-0.25, -0.2) is 0 Å². The topological polar surface area (TPSA) is 52.4 Å². The Hall–Kier alpha value is -1.58. The summed E-state index contributed by atoms with van der Waals surface area (Å²) >= 11 is 0. The van der Waals surface area contributed by atoms with E-state index < -0.39 is 4.92 Å². The van der Waals surface area contributed by atoms with Crippen molar-refractivity contribution in [3.8, 4) is 5.75 Å². The van der Waals surface area contributed by atoms with Crippen LogP contribution in [0.3, 0.4) is 0 Å². The molecular weight excluding hydrogens is 194 g/mol. The third-order valence-electron chi connectivity index (χ3n) is 2.41. The molecule has 4 heteroatoms. The van der Waals surface area contributed by atoms with Crippen LogP contribution in [0.15, 0.2) is 18.2 Å². The van der Waals surface area contributed by atoms with Gasteiger partial charge in [0.2, 0.25) is 5.75 Å². The number of benzene rings is 1. The molecule has 0 fully saturated rings. The number of fused-ring (bicyclic) bond motifs is 1. The van der Waals surface area contributed by atoms with Crippen LogP contribution in [0, 0.1) is 16.5 Å². The fraction of sp³-hybridized carbons (Fsp3) is 0.364. The largest absolute Gasteiger partial charge is 0.481 e. The van der Waals surface area contributed by atoms with E-state index in [-0.39, 0.29) is 11.3 Å². The number of para-hydroxylation sites is 1. The van der Waals surface area contributed by atoms with Crippen molar-refractivity contribution in [3.63, 3.8) is 0 Å². The number of nitrogens with zero attached hydrogens (tertiary/aromatic N) is 1. The molecule has 0 atom stereocenters. The molecule has 79 valence electrons. The molecule has 0 amide bonds. The Morgan fingerprint density at radius 1 is 1.47 bits per heavy atom. The summed E-state index contributed by atoms with van der Waals surface area (Å²) < 4.78 is 5.64. The summed E-state index contributed by atoms with van der Waals surface area (Å²) in [5, 5.41) is 10.8. The molecule has 2 rings (SSSR count). The van der Waals surface area contributed by atoms with E-state index in [0.29, 0.717) is 5.75 Å². The zero-order valence-corrected chi connectivity index (χ0v) is 8.69. The SMILES string of the molecule is CC1(C)C[CH]c2cccc([N+](=O)[O-])c2O1. The summed E-state index contributed by atoms with van der Waals surface area (Å²) in [6.07, 6.45) is 2.74. The van der Waals surface area contributed by atoms with Crippen molar-refractivity contribution >= 4 is 5.69 Å². The van der Waals surface area contributed by atoms with Crippen LogP contribution < -0.4 is 4.74 Å². The van der Waals surface area contributed by atoms with E-state index >= 15 is 0 Å².